The summed E-state index contributed by atoms with van der Waals surface area (Å²) in [6.07, 6.45) is 2.32. The predicted octanol–water partition coefficient (Wildman–Crippen LogP) is 2.66. The Morgan fingerprint density at radius 3 is 2.53 bits per heavy atom. The monoisotopic (exact) mass is 423 g/mol. The molecule has 1 N–H and O–H groups in total. The van der Waals surface area contributed by atoms with Crippen LogP contribution in [0.5, 0.6) is 5.75 Å². The summed E-state index contributed by atoms with van der Waals surface area (Å²) in [6, 6.07) is 17.0. The smallest absolute Gasteiger partial charge is 0.264 e. The molecule has 1 amide bonds. The third-order valence-corrected chi connectivity index (χ3v) is 6.65. The molecule has 7 nitrogen and oxygen atoms in total. The molecule has 154 valence electrons. The molecule has 0 saturated carbocycles. The Kier molecular flexibility index (Phi) is 5.41. The number of hydrogen-bond acceptors (Lipinski definition) is 5. The summed E-state index contributed by atoms with van der Waals surface area (Å²) in [5.74, 6) is -0.0334. The number of nitrogens with one attached hydrogen (secondary N) is 1. The Hall–Kier alpha value is -3.39. The van der Waals surface area contributed by atoms with Gasteiger partial charge in [0.25, 0.3) is 15.9 Å². The van der Waals surface area contributed by atoms with E-state index < -0.39 is 16.1 Å². The van der Waals surface area contributed by atoms with Crippen molar-refractivity contribution in [3.63, 3.8) is 0 Å². The second-order valence-electron chi connectivity index (χ2n) is 7.00. The van der Waals surface area contributed by atoms with Crippen LogP contribution in [-0.4, -0.2) is 32.0 Å². The van der Waals surface area contributed by atoms with Crippen molar-refractivity contribution in [2.75, 3.05) is 10.8 Å². The second kappa shape index (κ2) is 8.16. The highest BCUT2D eigenvalue weighted by Gasteiger charge is 2.37. The lowest BCUT2D eigenvalue weighted by Crippen LogP contribution is -2.50. The summed E-state index contributed by atoms with van der Waals surface area (Å²) in [4.78, 5) is 16.9. The zero-order valence-corrected chi connectivity index (χ0v) is 17.2. The molecule has 30 heavy (non-hydrogen) atoms. The van der Waals surface area contributed by atoms with Gasteiger partial charge in [-0.3, -0.25) is 14.1 Å². The SMILES string of the molecule is Cc1ccc(S(=O)(=O)N2CC(C(=O)NCc3ccncc3)Oc3ccccc32)cc1. The summed E-state index contributed by atoms with van der Waals surface area (Å²) >= 11 is 0. The average molecular weight is 423 g/mol. The van der Waals surface area contributed by atoms with Gasteiger partial charge < -0.3 is 10.1 Å². The van der Waals surface area contributed by atoms with Crippen LogP contribution in [0.2, 0.25) is 0 Å². The summed E-state index contributed by atoms with van der Waals surface area (Å²) in [5.41, 5.74) is 2.26. The van der Waals surface area contributed by atoms with Gasteiger partial charge in [-0.2, -0.15) is 0 Å². The number of carbonyl (C=O) groups excluding carboxylic acids is 1. The molecule has 0 bridgehead atoms. The zero-order valence-electron chi connectivity index (χ0n) is 16.4. The number of nitrogens with zero attached hydrogens (tertiary/aromatic N) is 2. The Labute approximate surface area is 175 Å². The van der Waals surface area contributed by atoms with Crippen LogP contribution in [0.3, 0.4) is 0 Å². The van der Waals surface area contributed by atoms with Gasteiger partial charge in [0.15, 0.2) is 6.10 Å². The molecule has 1 aromatic heterocycles. The second-order valence-corrected chi connectivity index (χ2v) is 8.86. The molecule has 0 spiro atoms. The first-order chi connectivity index (χ1) is 14.4. The Morgan fingerprint density at radius 2 is 1.80 bits per heavy atom. The maximum atomic E-state index is 13.3. The van der Waals surface area contributed by atoms with Crippen molar-refractivity contribution in [1.82, 2.24) is 10.3 Å². The number of amides is 1. The van der Waals surface area contributed by atoms with Crippen LogP contribution in [0.15, 0.2) is 78.0 Å². The third kappa shape index (κ3) is 3.99. The van der Waals surface area contributed by atoms with Crippen molar-refractivity contribution >= 4 is 21.6 Å². The first-order valence-corrected chi connectivity index (χ1v) is 10.9. The van der Waals surface area contributed by atoms with Crippen molar-refractivity contribution in [2.45, 2.75) is 24.5 Å². The summed E-state index contributed by atoms with van der Waals surface area (Å²) in [6.45, 7) is 2.08. The van der Waals surface area contributed by atoms with Crippen LogP contribution in [0.4, 0.5) is 5.69 Å². The number of rotatable bonds is 5. The Morgan fingerprint density at radius 1 is 1.10 bits per heavy atom. The predicted molar refractivity (Wildman–Crippen MR) is 113 cm³/mol. The van der Waals surface area contributed by atoms with Crippen LogP contribution >= 0.6 is 0 Å². The number of pyridine rings is 1. The number of carbonyl (C=O) groups is 1. The van der Waals surface area contributed by atoms with Crippen LogP contribution in [0, 0.1) is 6.92 Å². The van der Waals surface area contributed by atoms with Gasteiger partial charge in [-0.25, -0.2) is 8.42 Å². The molecule has 3 aromatic rings. The minimum Gasteiger partial charge on any atom is -0.476 e. The molecule has 4 rings (SSSR count). The Bertz CT molecular complexity index is 1150. The summed E-state index contributed by atoms with van der Waals surface area (Å²) < 4.78 is 33.8. The van der Waals surface area contributed by atoms with E-state index in [4.69, 9.17) is 4.74 Å². The number of para-hydroxylation sites is 2. The van der Waals surface area contributed by atoms with E-state index in [0.29, 0.717) is 18.0 Å². The number of ether oxygens (including phenoxy) is 1. The topological polar surface area (TPSA) is 88.6 Å². The first kappa shape index (κ1) is 19.9. The summed E-state index contributed by atoms with van der Waals surface area (Å²) in [7, 11) is -3.86. The van der Waals surface area contributed by atoms with Gasteiger partial charge >= 0.3 is 0 Å². The minimum absolute atomic E-state index is 0.116. The molecule has 1 unspecified atom stereocenters. The molecule has 8 heteroatoms. The molecule has 1 aliphatic rings. The lowest BCUT2D eigenvalue weighted by atomic mass is 10.2. The standard InChI is InChI=1S/C22H21N3O4S/c1-16-6-8-18(9-7-16)30(27,28)25-15-21(29-20-5-3-2-4-19(20)25)22(26)24-14-17-10-12-23-13-11-17/h2-13,21H,14-15H2,1H3,(H,24,26). The van der Waals surface area contributed by atoms with Gasteiger partial charge in [0.1, 0.15) is 5.75 Å². The maximum Gasteiger partial charge on any atom is 0.264 e. The molecule has 0 fully saturated rings. The van der Waals surface area contributed by atoms with Gasteiger partial charge in [-0.05, 0) is 48.9 Å². The molecule has 2 aromatic carbocycles. The van der Waals surface area contributed by atoms with Crippen LogP contribution in [0.1, 0.15) is 11.1 Å². The number of sulfonamides is 1. The van der Waals surface area contributed by atoms with Crippen LogP contribution < -0.4 is 14.4 Å². The molecule has 0 radical (unpaired) electrons. The lowest BCUT2D eigenvalue weighted by Gasteiger charge is -2.34. The number of hydrogen-bond donors (Lipinski definition) is 1. The highest BCUT2D eigenvalue weighted by molar-refractivity contribution is 7.92. The van der Waals surface area contributed by atoms with Gasteiger partial charge in [0, 0.05) is 18.9 Å². The minimum atomic E-state index is -3.86. The zero-order chi connectivity index (χ0) is 21.1. The average Bonchev–Trinajstić information content (AvgIpc) is 2.77. The normalized spacial score (nSPS) is 15.8. The van der Waals surface area contributed by atoms with Gasteiger partial charge in [0.05, 0.1) is 17.1 Å². The van der Waals surface area contributed by atoms with Crippen LogP contribution in [-0.2, 0) is 21.4 Å². The van der Waals surface area contributed by atoms with Crippen molar-refractivity contribution in [3.05, 3.63) is 84.2 Å². The van der Waals surface area contributed by atoms with Crippen molar-refractivity contribution in [3.8, 4) is 5.75 Å². The van der Waals surface area contributed by atoms with E-state index in [-0.39, 0.29) is 17.3 Å². The number of aryl methyl sites for hydroxylation is 1. The largest absolute Gasteiger partial charge is 0.476 e. The van der Waals surface area contributed by atoms with Crippen molar-refractivity contribution in [1.29, 1.82) is 0 Å². The fourth-order valence-corrected chi connectivity index (χ4v) is 4.68. The fourth-order valence-electron chi connectivity index (χ4n) is 3.21. The van der Waals surface area contributed by atoms with Crippen LogP contribution in [0.25, 0.3) is 0 Å². The number of benzene rings is 2. The van der Waals surface area contributed by atoms with E-state index in [1.165, 1.54) is 4.31 Å². The van der Waals surface area contributed by atoms with Gasteiger partial charge in [-0.15, -0.1) is 0 Å². The molecule has 0 aliphatic carbocycles. The van der Waals surface area contributed by atoms with Crippen molar-refractivity contribution < 1.29 is 17.9 Å². The van der Waals surface area contributed by atoms with Crippen molar-refractivity contribution in [2.24, 2.45) is 0 Å². The maximum absolute atomic E-state index is 13.3. The molecular formula is C22H21N3O4S. The number of anilines is 1. The highest BCUT2D eigenvalue weighted by Crippen LogP contribution is 2.36. The Balaban J connectivity index is 1.60. The highest BCUT2D eigenvalue weighted by atomic mass is 32.2. The molecule has 1 atom stereocenters. The quantitative estimate of drug-likeness (QED) is 0.682. The van der Waals surface area contributed by atoms with E-state index in [0.717, 1.165) is 11.1 Å². The molecule has 1 aliphatic heterocycles. The number of fused-ring (bicyclic) bond motifs is 1. The van der Waals surface area contributed by atoms with E-state index >= 15 is 0 Å². The first-order valence-electron chi connectivity index (χ1n) is 9.47. The van der Waals surface area contributed by atoms with Gasteiger partial charge in [-0.1, -0.05) is 29.8 Å². The number of aromatic nitrogens is 1. The van der Waals surface area contributed by atoms with E-state index in [9.17, 15) is 13.2 Å². The van der Waals surface area contributed by atoms with E-state index in [1.54, 1.807) is 73.1 Å². The summed E-state index contributed by atoms with van der Waals surface area (Å²) in [5, 5.41) is 2.81. The van der Waals surface area contributed by atoms with E-state index in [2.05, 4.69) is 10.3 Å². The molecular weight excluding hydrogens is 402 g/mol. The fraction of sp³-hybridized carbons (Fsp3) is 0.182. The van der Waals surface area contributed by atoms with Gasteiger partial charge in [0.2, 0.25) is 0 Å². The third-order valence-electron chi connectivity index (χ3n) is 4.85. The molecule has 2 heterocycles. The van der Waals surface area contributed by atoms with E-state index in [1.807, 2.05) is 6.92 Å². The lowest BCUT2D eigenvalue weighted by molar-refractivity contribution is -0.127. The molecule has 0 saturated heterocycles.